The molecule has 0 saturated carbocycles. The van der Waals surface area contributed by atoms with Gasteiger partial charge in [0.05, 0.1) is 23.0 Å². The minimum Gasteiger partial charge on any atom is -0.461 e. The summed E-state index contributed by atoms with van der Waals surface area (Å²) in [6, 6.07) is 8.44. The van der Waals surface area contributed by atoms with Crippen LogP contribution >= 0.6 is 0 Å². The summed E-state index contributed by atoms with van der Waals surface area (Å²) in [6.45, 7) is 1.93. The molecule has 22 heavy (non-hydrogen) atoms. The van der Waals surface area contributed by atoms with Crippen LogP contribution in [0.3, 0.4) is 0 Å². The zero-order valence-corrected chi connectivity index (χ0v) is 13.1. The number of ether oxygens (including phenoxy) is 2. The molecule has 1 aromatic rings. The average Bonchev–Trinajstić information content (AvgIpc) is 2.78. The van der Waals surface area contributed by atoms with Gasteiger partial charge in [0.2, 0.25) is 0 Å². The van der Waals surface area contributed by atoms with Gasteiger partial charge in [0.1, 0.15) is 14.5 Å². The van der Waals surface area contributed by atoms with E-state index in [9.17, 15) is 13.2 Å². The average molecular weight is 320 g/mol. The third-order valence-electron chi connectivity index (χ3n) is 4.56. The lowest BCUT2D eigenvalue weighted by Crippen LogP contribution is -2.43. The molecule has 3 rings (SSSR count). The number of carbonyl (C=O) groups is 1. The Morgan fingerprint density at radius 3 is 2.68 bits per heavy atom. The molecule has 1 aromatic carbocycles. The molecule has 0 amide bonds. The van der Waals surface area contributed by atoms with Crippen molar-refractivity contribution in [3.05, 3.63) is 35.9 Å². The Labute approximate surface area is 131 Å². The van der Waals surface area contributed by atoms with Gasteiger partial charge < -0.3 is 9.47 Å². The summed E-state index contributed by atoms with van der Waals surface area (Å²) < 4.78 is 35.0. The van der Waals surface area contributed by atoms with Crippen molar-refractivity contribution in [3.63, 3.8) is 0 Å². The number of sulfone groups is 1. The van der Waals surface area contributed by atoms with E-state index >= 15 is 0 Å². The van der Waals surface area contributed by atoms with E-state index in [1.807, 2.05) is 30.3 Å². The third kappa shape index (κ3) is 2.56. The van der Waals surface area contributed by atoms with Crippen LogP contribution in [0.4, 0.5) is 0 Å². The van der Waals surface area contributed by atoms with Crippen molar-refractivity contribution in [2.24, 2.45) is 5.92 Å². The first-order valence-electron chi connectivity index (χ1n) is 7.19. The smallest absolute Gasteiger partial charge is 0.309 e. The topological polar surface area (TPSA) is 69.7 Å². The molecule has 4 atom stereocenters. The largest absolute Gasteiger partial charge is 0.461 e. The van der Waals surface area contributed by atoms with Crippen molar-refractivity contribution < 1.29 is 22.7 Å². The lowest BCUT2D eigenvalue weighted by Gasteiger charge is -2.29. The first kappa shape index (κ1) is 15.6. The van der Waals surface area contributed by atoms with E-state index in [2.05, 4.69) is 0 Å². The molecule has 2 saturated heterocycles. The van der Waals surface area contributed by atoms with Gasteiger partial charge in [-0.05, 0) is 5.56 Å². The summed E-state index contributed by atoms with van der Waals surface area (Å²) in [4.78, 5) is 12.1. The minimum atomic E-state index is -3.31. The van der Waals surface area contributed by atoms with Crippen molar-refractivity contribution in [1.29, 1.82) is 0 Å². The number of hydrogen-bond acceptors (Lipinski definition) is 5. The van der Waals surface area contributed by atoms with Gasteiger partial charge in [-0.2, -0.15) is 0 Å². The molecular weight excluding hydrogens is 303 g/mol. The lowest BCUT2D eigenvalue weighted by atomic mass is 9.84. The van der Waals surface area contributed by atoms with Crippen LogP contribution in [0.15, 0.2) is 30.3 Å². The minimum absolute atomic E-state index is 0.0928. The predicted octanol–water partition coefficient (Wildman–Crippen LogP) is 0.817. The highest BCUT2D eigenvalue weighted by Gasteiger charge is 2.64. The lowest BCUT2D eigenvalue weighted by molar-refractivity contribution is -0.152. The zero-order valence-electron chi connectivity index (χ0n) is 12.3. The Balaban J connectivity index is 1.67. The van der Waals surface area contributed by atoms with Gasteiger partial charge in [0, 0.05) is 11.9 Å². The second-order valence-corrected chi connectivity index (χ2v) is 8.19. The van der Waals surface area contributed by atoms with Gasteiger partial charge in [0.15, 0.2) is 9.84 Å². The van der Waals surface area contributed by atoms with Crippen molar-refractivity contribution >= 4 is 23.7 Å². The standard InChI is InChI=1S/C15H17BO5S/c1-10-13-14(16)21-15(10,9-22(13,18)19)7-12(17)20-8-11-5-3-2-4-6-11/h2-6,10,13-14H,7-9H2,1H3/t10?,13-,14+,15-/m0/s1. The van der Waals surface area contributed by atoms with Gasteiger partial charge in [-0.1, -0.05) is 37.3 Å². The highest BCUT2D eigenvalue weighted by molar-refractivity contribution is 7.92. The normalized spacial score (nSPS) is 35.4. The maximum atomic E-state index is 12.1. The van der Waals surface area contributed by atoms with E-state index in [0.717, 1.165) is 5.56 Å². The van der Waals surface area contributed by atoms with Gasteiger partial charge >= 0.3 is 5.97 Å². The van der Waals surface area contributed by atoms with E-state index in [4.69, 9.17) is 17.3 Å². The SMILES string of the molecule is [B][C@@H]1O[C@@]2(CC(=O)OCc3ccccc3)CS(=O)(=O)[C@H]1C2C. The van der Waals surface area contributed by atoms with Crippen LogP contribution < -0.4 is 0 Å². The molecule has 1 unspecified atom stereocenters. The predicted molar refractivity (Wildman–Crippen MR) is 81.0 cm³/mol. The summed E-state index contributed by atoms with van der Waals surface area (Å²) in [7, 11) is 2.44. The molecule has 2 bridgehead atoms. The molecule has 2 fully saturated rings. The summed E-state index contributed by atoms with van der Waals surface area (Å²) in [5.74, 6) is -0.947. The number of carbonyl (C=O) groups excluding carboxylic acids is 1. The second kappa shape index (κ2) is 5.39. The van der Waals surface area contributed by atoms with Gasteiger partial charge in [-0.3, -0.25) is 4.79 Å². The van der Waals surface area contributed by atoms with Gasteiger partial charge in [-0.15, -0.1) is 0 Å². The summed E-state index contributed by atoms with van der Waals surface area (Å²) >= 11 is 0. The van der Waals surface area contributed by atoms with Crippen molar-refractivity contribution in [3.8, 4) is 0 Å². The monoisotopic (exact) mass is 320 g/mol. The molecule has 0 aliphatic carbocycles. The van der Waals surface area contributed by atoms with Crippen molar-refractivity contribution in [2.75, 3.05) is 5.75 Å². The number of rotatable bonds is 4. The molecule has 7 heteroatoms. The third-order valence-corrected chi connectivity index (χ3v) is 6.96. The van der Waals surface area contributed by atoms with Crippen LogP contribution in [0.1, 0.15) is 18.9 Å². The van der Waals surface area contributed by atoms with Crippen LogP contribution in [-0.4, -0.2) is 44.8 Å². The van der Waals surface area contributed by atoms with E-state index in [0.29, 0.717) is 0 Å². The fourth-order valence-electron chi connectivity index (χ4n) is 3.43. The molecule has 2 radical (unpaired) electrons. The Bertz CT molecular complexity index is 674. The highest BCUT2D eigenvalue weighted by Crippen LogP contribution is 2.49. The van der Waals surface area contributed by atoms with E-state index in [1.165, 1.54) is 0 Å². The number of benzene rings is 1. The molecule has 0 spiro atoms. The van der Waals surface area contributed by atoms with Crippen LogP contribution in [0.2, 0.25) is 0 Å². The van der Waals surface area contributed by atoms with Gasteiger partial charge in [0.25, 0.3) is 0 Å². The number of fused-ring (bicyclic) bond motifs is 2. The molecular formula is C15H17BO5S. The summed E-state index contributed by atoms with van der Waals surface area (Å²) in [5, 5.41) is -0.727. The number of hydrogen-bond donors (Lipinski definition) is 0. The number of esters is 1. The maximum Gasteiger partial charge on any atom is 0.309 e. The molecule has 116 valence electrons. The maximum absolute atomic E-state index is 12.1. The Morgan fingerprint density at radius 1 is 1.41 bits per heavy atom. The summed E-state index contributed by atoms with van der Waals surface area (Å²) in [5.41, 5.74) is -0.168. The van der Waals surface area contributed by atoms with Crippen LogP contribution in [-0.2, 0) is 30.7 Å². The zero-order chi connectivity index (χ0) is 16.0. The fourth-order valence-corrected chi connectivity index (χ4v) is 6.07. The fraction of sp³-hybridized carbons (Fsp3) is 0.533. The molecule has 0 aromatic heterocycles. The van der Waals surface area contributed by atoms with Crippen molar-refractivity contribution in [2.45, 2.75) is 36.8 Å². The van der Waals surface area contributed by atoms with E-state index < -0.39 is 32.7 Å². The molecule has 2 aliphatic heterocycles. The summed E-state index contributed by atoms with van der Waals surface area (Å²) in [6.07, 6.45) is -0.0928. The Kier molecular flexibility index (Phi) is 3.81. The van der Waals surface area contributed by atoms with E-state index in [-0.39, 0.29) is 24.7 Å². The first-order chi connectivity index (χ1) is 10.3. The van der Waals surface area contributed by atoms with Crippen molar-refractivity contribution in [1.82, 2.24) is 0 Å². The van der Waals surface area contributed by atoms with Crippen LogP contribution in [0, 0.1) is 5.92 Å². The Hall–Kier alpha value is -1.34. The van der Waals surface area contributed by atoms with Gasteiger partial charge in [-0.25, -0.2) is 8.42 Å². The quantitative estimate of drug-likeness (QED) is 0.607. The molecule has 5 nitrogen and oxygen atoms in total. The van der Waals surface area contributed by atoms with E-state index in [1.54, 1.807) is 6.92 Å². The Morgan fingerprint density at radius 2 is 2.09 bits per heavy atom. The second-order valence-electron chi connectivity index (χ2n) is 6.03. The molecule has 2 aliphatic rings. The molecule has 0 N–H and O–H groups in total. The van der Waals surface area contributed by atoms with Crippen LogP contribution in [0.25, 0.3) is 0 Å². The van der Waals surface area contributed by atoms with Crippen LogP contribution in [0.5, 0.6) is 0 Å². The molecule has 2 heterocycles. The first-order valence-corrected chi connectivity index (χ1v) is 8.90. The highest BCUT2D eigenvalue weighted by atomic mass is 32.2.